The van der Waals surface area contributed by atoms with Crippen LogP contribution in [0.3, 0.4) is 0 Å². The van der Waals surface area contributed by atoms with E-state index in [1.807, 2.05) is 6.92 Å². The van der Waals surface area contributed by atoms with Gasteiger partial charge in [-0.3, -0.25) is 0 Å². The number of nitrogens with zero attached hydrogens (tertiary/aromatic N) is 2. The van der Waals surface area contributed by atoms with Gasteiger partial charge in [0.15, 0.2) is 0 Å². The average molecular weight is 742 g/mol. The Hall–Kier alpha value is -1.62. The number of methoxy groups -OCH3 is 1. The van der Waals surface area contributed by atoms with Crippen LogP contribution in [0.4, 0.5) is 26.3 Å². The van der Waals surface area contributed by atoms with Crippen molar-refractivity contribution in [1.82, 2.24) is 9.80 Å². The number of sulfone groups is 2. The van der Waals surface area contributed by atoms with Gasteiger partial charge in [0, 0.05) is 13.7 Å². The van der Waals surface area contributed by atoms with Crippen LogP contribution in [0, 0.1) is 0 Å². The van der Waals surface area contributed by atoms with Crippen LogP contribution in [0.15, 0.2) is 46.2 Å². The SMILES string of the molecule is CCN1CCC(c2cccc(S(=O)(=O)C(F)(F)F)c2Cl)CC1.COCCN1CCC(c2cccc(S(=O)(=O)C(F)(F)F)c2Cl)CC1. The van der Waals surface area contributed by atoms with Crippen molar-refractivity contribution >= 4 is 42.9 Å². The normalized spacial score (nSPS) is 18.3. The highest BCUT2D eigenvalue weighted by atomic mass is 35.5. The Morgan fingerprint density at radius 1 is 0.717 bits per heavy atom. The number of alkyl halides is 6. The average Bonchev–Trinajstić information content (AvgIpc) is 2.99. The minimum Gasteiger partial charge on any atom is -0.383 e. The summed E-state index contributed by atoms with van der Waals surface area (Å²) in [6.07, 6.45) is 2.92. The quantitative estimate of drug-likeness (QED) is 0.263. The standard InChI is InChI=1S/C15H19ClF3NO3S.C14H17ClF3NO2S/c1-23-10-9-20-7-5-11(6-8-20)12-3-2-4-13(14(12)16)24(21,22)15(17,18)19;1-2-19-8-6-10(7-9-19)11-4-3-5-12(13(11)15)22(20,21)14(16,17)18/h2-4,11H,5-10H2,1H3;3-5,10H,2,6-9H2,1H3. The highest BCUT2D eigenvalue weighted by Gasteiger charge is 2.49. The first-order valence-electron chi connectivity index (χ1n) is 14.5. The van der Waals surface area contributed by atoms with Crippen LogP contribution in [0.1, 0.15) is 55.6 Å². The maximum atomic E-state index is 12.8. The summed E-state index contributed by atoms with van der Waals surface area (Å²) in [5.41, 5.74) is -9.75. The van der Waals surface area contributed by atoms with Crippen molar-refractivity contribution in [3.05, 3.63) is 57.6 Å². The van der Waals surface area contributed by atoms with E-state index in [1.165, 1.54) is 12.1 Å². The van der Waals surface area contributed by atoms with E-state index in [-0.39, 0.29) is 21.9 Å². The molecule has 2 saturated heterocycles. The third kappa shape index (κ3) is 8.88. The molecule has 2 aliphatic rings. The van der Waals surface area contributed by atoms with Crippen LogP contribution in [0.5, 0.6) is 0 Å². The fraction of sp³-hybridized carbons (Fsp3) is 0.586. The lowest BCUT2D eigenvalue weighted by molar-refractivity contribution is -0.0442. The zero-order valence-corrected chi connectivity index (χ0v) is 28.3. The third-order valence-electron chi connectivity index (χ3n) is 8.29. The Kier molecular flexibility index (Phi) is 13.3. The van der Waals surface area contributed by atoms with Crippen molar-refractivity contribution in [2.24, 2.45) is 0 Å². The first-order chi connectivity index (χ1) is 21.4. The Balaban J connectivity index is 0.000000251. The number of ether oxygens (including phenoxy) is 1. The molecule has 2 aliphatic heterocycles. The fourth-order valence-electron chi connectivity index (χ4n) is 5.60. The van der Waals surface area contributed by atoms with Gasteiger partial charge in [-0.1, -0.05) is 54.4 Å². The lowest BCUT2D eigenvalue weighted by Crippen LogP contribution is -2.35. The highest BCUT2D eigenvalue weighted by molar-refractivity contribution is 7.92. The molecule has 0 saturated carbocycles. The number of likely N-dealkylation sites (tertiary alicyclic amines) is 2. The van der Waals surface area contributed by atoms with Crippen molar-refractivity contribution < 1.29 is 47.9 Å². The summed E-state index contributed by atoms with van der Waals surface area (Å²) in [4.78, 5) is 2.72. The second-order valence-electron chi connectivity index (χ2n) is 11.0. The van der Waals surface area contributed by atoms with Gasteiger partial charge < -0.3 is 14.5 Å². The molecule has 2 heterocycles. The zero-order chi connectivity index (χ0) is 34.5. The summed E-state index contributed by atoms with van der Waals surface area (Å²) in [5, 5.41) is -0.611. The lowest BCUT2D eigenvalue weighted by atomic mass is 9.89. The molecule has 0 N–H and O–H groups in total. The van der Waals surface area contributed by atoms with E-state index >= 15 is 0 Å². The van der Waals surface area contributed by atoms with Gasteiger partial charge in [0.1, 0.15) is 0 Å². The van der Waals surface area contributed by atoms with Crippen LogP contribution in [-0.2, 0) is 24.4 Å². The molecule has 260 valence electrons. The minimum absolute atomic E-state index is 0.0151. The van der Waals surface area contributed by atoms with Gasteiger partial charge in [-0.15, -0.1) is 0 Å². The van der Waals surface area contributed by atoms with E-state index in [2.05, 4.69) is 9.80 Å². The maximum Gasteiger partial charge on any atom is 0.501 e. The minimum atomic E-state index is -5.45. The second kappa shape index (κ2) is 15.7. The van der Waals surface area contributed by atoms with Gasteiger partial charge in [-0.25, -0.2) is 16.8 Å². The van der Waals surface area contributed by atoms with Gasteiger partial charge >= 0.3 is 11.0 Å². The number of hydrogen-bond donors (Lipinski definition) is 0. The zero-order valence-electron chi connectivity index (χ0n) is 25.2. The van der Waals surface area contributed by atoms with Crippen LogP contribution in [-0.4, -0.2) is 90.6 Å². The molecule has 0 aliphatic carbocycles. The van der Waals surface area contributed by atoms with Crippen LogP contribution < -0.4 is 0 Å². The molecule has 0 unspecified atom stereocenters. The molecule has 0 radical (unpaired) electrons. The van der Waals surface area contributed by atoms with Gasteiger partial charge in [-0.2, -0.15) is 26.3 Å². The van der Waals surface area contributed by atoms with Crippen molar-refractivity contribution in [1.29, 1.82) is 0 Å². The molecule has 2 fully saturated rings. The summed E-state index contributed by atoms with van der Waals surface area (Å²) >= 11 is 12.1. The molecule has 2 aromatic rings. The van der Waals surface area contributed by atoms with Crippen LogP contribution in [0.2, 0.25) is 10.0 Å². The Morgan fingerprint density at radius 2 is 1.09 bits per heavy atom. The fourth-order valence-corrected chi connectivity index (χ4v) is 8.49. The Bertz CT molecular complexity index is 1540. The van der Waals surface area contributed by atoms with Crippen LogP contribution in [0.25, 0.3) is 0 Å². The molecule has 4 rings (SSSR count). The molecular weight excluding hydrogens is 705 g/mol. The van der Waals surface area contributed by atoms with Gasteiger partial charge in [0.2, 0.25) is 0 Å². The summed E-state index contributed by atoms with van der Waals surface area (Å²) in [6, 6.07) is 7.68. The van der Waals surface area contributed by atoms with Gasteiger partial charge in [-0.05, 0) is 93.5 Å². The number of benzene rings is 2. The molecule has 17 heteroatoms. The first kappa shape index (κ1) is 38.8. The molecule has 0 aromatic heterocycles. The van der Waals surface area contributed by atoms with Gasteiger partial charge in [0.05, 0.1) is 26.4 Å². The Labute approximate surface area is 275 Å². The second-order valence-corrected chi connectivity index (χ2v) is 15.6. The number of hydrogen-bond acceptors (Lipinski definition) is 7. The molecule has 0 atom stereocenters. The molecule has 0 bridgehead atoms. The van der Waals surface area contributed by atoms with Crippen molar-refractivity contribution in [3.63, 3.8) is 0 Å². The molecular formula is C29H36Cl2F6N2O5S2. The Morgan fingerprint density at radius 3 is 1.41 bits per heavy atom. The number of halogens is 8. The van der Waals surface area contributed by atoms with E-state index in [4.69, 9.17) is 27.9 Å². The van der Waals surface area contributed by atoms with Crippen molar-refractivity contribution in [3.8, 4) is 0 Å². The number of rotatable bonds is 8. The van der Waals surface area contributed by atoms with Crippen LogP contribution >= 0.6 is 23.2 Å². The lowest BCUT2D eigenvalue weighted by Gasteiger charge is -2.32. The molecule has 0 spiro atoms. The predicted octanol–water partition coefficient (Wildman–Crippen LogP) is 7.29. The smallest absolute Gasteiger partial charge is 0.383 e. The summed E-state index contributed by atoms with van der Waals surface area (Å²) < 4.78 is 128. The monoisotopic (exact) mass is 740 g/mol. The summed E-state index contributed by atoms with van der Waals surface area (Å²) in [7, 11) is -9.25. The molecule has 2 aromatic carbocycles. The summed E-state index contributed by atoms with van der Waals surface area (Å²) in [6.45, 7) is 7.56. The van der Waals surface area contributed by atoms with Gasteiger partial charge in [0.25, 0.3) is 19.7 Å². The van der Waals surface area contributed by atoms with Crippen molar-refractivity contribution in [2.75, 3.05) is 53.0 Å². The summed E-state index contributed by atoms with van der Waals surface area (Å²) in [5.74, 6) is -0.0710. The largest absolute Gasteiger partial charge is 0.501 e. The molecule has 46 heavy (non-hydrogen) atoms. The first-order valence-corrected chi connectivity index (χ1v) is 18.2. The van der Waals surface area contributed by atoms with E-state index in [0.29, 0.717) is 30.6 Å². The predicted molar refractivity (Wildman–Crippen MR) is 164 cm³/mol. The molecule has 7 nitrogen and oxygen atoms in total. The van der Waals surface area contributed by atoms with E-state index in [1.54, 1.807) is 19.2 Å². The third-order valence-corrected chi connectivity index (χ3v) is 12.4. The highest BCUT2D eigenvalue weighted by Crippen LogP contribution is 2.41. The van der Waals surface area contributed by atoms with E-state index in [9.17, 15) is 43.2 Å². The van der Waals surface area contributed by atoms with E-state index in [0.717, 1.165) is 64.2 Å². The molecule has 0 amide bonds. The van der Waals surface area contributed by atoms with E-state index < -0.39 is 40.5 Å². The topological polar surface area (TPSA) is 84.0 Å². The maximum absolute atomic E-state index is 12.8. The number of piperidine rings is 2. The van der Waals surface area contributed by atoms with Crippen molar-refractivity contribution in [2.45, 2.75) is 65.3 Å².